The van der Waals surface area contributed by atoms with Crippen molar-refractivity contribution < 1.29 is 17.9 Å². The first-order valence-electron chi connectivity index (χ1n) is 8.18. The molecule has 1 aliphatic heterocycles. The van der Waals surface area contributed by atoms with E-state index in [0.29, 0.717) is 19.8 Å². The number of nitrogens with one attached hydrogen (secondary N) is 1. The number of amides is 1. The lowest BCUT2D eigenvalue weighted by Gasteiger charge is -2.26. The van der Waals surface area contributed by atoms with Crippen LogP contribution in [-0.2, 0) is 21.3 Å². The van der Waals surface area contributed by atoms with Gasteiger partial charge in [-0.15, -0.1) is 0 Å². The summed E-state index contributed by atoms with van der Waals surface area (Å²) in [6.45, 7) is 1.57. The molecule has 6 nitrogen and oxygen atoms in total. The normalized spacial score (nSPS) is 15.6. The van der Waals surface area contributed by atoms with Crippen LogP contribution in [0.3, 0.4) is 0 Å². The van der Waals surface area contributed by atoms with Gasteiger partial charge in [-0.1, -0.05) is 41.9 Å². The van der Waals surface area contributed by atoms with E-state index >= 15 is 0 Å². The van der Waals surface area contributed by atoms with Crippen molar-refractivity contribution in [1.82, 2.24) is 9.62 Å². The summed E-state index contributed by atoms with van der Waals surface area (Å²) in [5.41, 5.74) is 1.20. The highest BCUT2D eigenvalue weighted by Crippen LogP contribution is 2.26. The van der Waals surface area contributed by atoms with Gasteiger partial charge in [0, 0.05) is 25.2 Å². The van der Waals surface area contributed by atoms with E-state index in [9.17, 15) is 13.2 Å². The monoisotopic (exact) mass is 394 g/mol. The fourth-order valence-electron chi connectivity index (χ4n) is 2.65. The molecule has 0 bridgehead atoms. The number of ether oxygens (including phenoxy) is 1. The highest BCUT2D eigenvalue weighted by molar-refractivity contribution is 7.89. The Morgan fingerprint density at radius 1 is 1.12 bits per heavy atom. The minimum absolute atomic E-state index is 0.0616. The highest BCUT2D eigenvalue weighted by atomic mass is 35.5. The molecule has 0 atom stereocenters. The van der Waals surface area contributed by atoms with Crippen molar-refractivity contribution in [1.29, 1.82) is 0 Å². The molecule has 2 aromatic rings. The first kappa shape index (κ1) is 18.8. The number of morpholine rings is 1. The molecule has 0 unspecified atom stereocenters. The summed E-state index contributed by atoms with van der Waals surface area (Å²) < 4.78 is 32.1. The van der Waals surface area contributed by atoms with E-state index < -0.39 is 10.0 Å². The van der Waals surface area contributed by atoms with Crippen LogP contribution in [0.1, 0.15) is 15.9 Å². The molecule has 1 saturated heterocycles. The Bertz CT molecular complexity index is 881. The van der Waals surface area contributed by atoms with E-state index in [4.69, 9.17) is 16.3 Å². The van der Waals surface area contributed by atoms with Crippen LogP contribution < -0.4 is 5.32 Å². The summed E-state index contributed by atoms with van der Waals surface area (Å²) >= 11 is 6.11. The first-order valence-corrected chi connectivity index (χ1v) is 10.00. The lowest BCUT2D eigenvalue weighted by atomic mass is 10.2. The number of sulfonamides is 1. The first-order chi connectivity index (χ1) is 12.5. The van der Waals surface area contributed by atoms with Crippen LogP contribution in [0.4, 0.5) is 0 Å². The fourth-order valence-corrected chi connectivity index (χ4v) is 4.56. The van der Waals surface area contributed by atoms with E-state index in [1.54, 1.807) is 0 Å². The second-order valence-electron chi connectivity index (χ2n) is 5.83. The Morgan fingerprint density at radius 3 is 2.50 bits per heavy atom. The maximum Gasteiger partial charge on any atom is 0.251 e. The molecular formula is C18H19ClN2O4S. The zero-order valence-electron chi connectivity index (χ0n) is 14.0. The van der Waals surface area contributed by atoms with E-state index in [-0.39, 0.29) is 34.5 Å². The molecule has 1 aliphatic rings. The number of carbonyl (C=O) groups is 1. The number of hydrogen-bond acceptors (Lipinski definition) is 4. The molecule has 1 N–H and O–H groups in total. The minimum Gasteiger partial charge on any atom is -0.379 e. The third kappa shape index (κ3) is 4.24. The Morgan fingerprint density at radius 2 is 1.81 bits per heavy atom. The molecule has 0 spiro atoms. The van der Waals surface area contributed by atoms with Gasteiger partial charge in [-0.25, -0.2) is 8.42 Å². The van der Waals surface area contributed by atoms with Crippen molar-refractivity contribution >= 4 is 27.5 Å². The molecule has 138 valence electrons. The molecule has 0 radical (unpaired) electrons. The summed E-state index contributed by atoms with van der Waals surface area (Å²) in [6.07, 6.45) is 0. The summed E-state index contributed by atoms with van der Waals surface area (Å²) in [7, 11) is -3.77. The Kier molecular flexibility index (Phi) is 5.93. The van der Waals surface area contributed by atoms with E-state index in [0.717, 1.165) is 5.56 Å². The van der Waals surface area contributed by atoms with Gasteiger partial charge in [-0.2, -0.15) is 4.31 Å². The second-order valence-corrected chi connectivity index (χ2v) is 8.14. The summed E-state index contributed by atoms with van der Waals surface area (Å²) in [6, 6.07) is 13.7. The van der Waals surface area contributed by atoms with E-state index in [1.165, 1.54) is 22.5 Å². The average molecular weight is 395 g/mol. The van der Waals surface area contributed by atoms with Gasteiger partial charge in [0.2, 0.25) is 10.0 Å². The lowest BCUT2D eigenvalue weighted by molar-refractivity contribution is 0.0730. The predicted octanol–water partition coefficient (Wildman–Crippen LogP) is 2.29. The molecule has 26 heavy (non-hydrogen) atoms. The molecule has 2 aromatic carbocycles. The van der Waals surface area contributed by atoms with Gasteiger partial charge in [0.05, 0.1) is 18.2 Å². The Balaban J connectivity index is 1.79. The largest absolute Gasteiger partial charge is 0.379 e. The van der Waals surface area contributed by atoms with Crippen molar-refractivity contribution in [3.8, 4) is 0 Å². The molecule has 1 fully saturated rings. The topological polar surface area (TPSA) is 75.7 Å². The van der Waals surface area contributed by atoms with Gasteiger partial charge < -0.3 is 10.1 Å². The fraction of sp³-hybridized carbons (Fsp3) is 0.278. The zero-order valence-corrected chi connectivity index (χ0v) is 15.6. The van der Waals surface area contributed by atoms with Gasteiger partial charge in [0.1, 0.15) is 4.90 Å². The van der Waals surface area contributed by atoms with E-state index in [2.05, 4.69) is 5.32 Å². The number of hydrogen-bond donors (Lipinski definition) is 1. The average Bonchev–Trinajstić information content (AvgIpc) is 2.68. The number of rotatable bonds is 5. The standard InChI is InChI=1S/C18H19ClN2O4S/c19-16-7-6-15(18(22)20-13-14-4-2-1-3-5-14)12-17(16)26(23,24)21-8-10-25-11-9-21/h1-7,12H,8-11,13H2,(H,20,22). The molecule has 3 rings (SSSR count). The van der Waals surface area contributed by atoms with Crippen LogP contribution in [0.2, 0.25) is 5.02 Å². The van der Waals surface area contributed by atoms with Gasteiger partial charge in [-0.05, 0) is 23.8 Å². The summed E-state index contributed by atoms with van der Waals surface area (Å²) in [4.78, 5) is 12.3. The second kappa shape index (κ2) is 8.18. The maximum absolute atomic E-state index is 12.8. The minimum atomic E-state index is -3.77. The zero-order chi connectivity index (χ0) is 18.6. The van der Waals surface area contributed by atoms with Crippen molar-refractivity contribution in [2.24, 2.45) is 0 Å². The summed E-state index contributed by atoms with van der Waals surface area (Å²) in [5.74, 6) is -0.357. The van der Waals surface area contributed by atoms with Crippen LogP contribution in [0.5, 0.6) is 0 Å². The van der Waals surface area contributed by atoms with Gasteiger partial charge >= 0.3 is 0 Å². The van der Waals surface area contributed by atoms with Crippen LogP contribution in [0, 0.1) is 0 Å². The molecule has 1 amide bonds. The van der Waals surface area contributed by atoms with Crippen molar-refractivity contribution in [3.63, 3.8) is 0 Å². The molecule has 8 heteroatoms. The third-order valence-corrected chi connectivity index (χ3v) is 6.46. The van der Waals surface area contributed by atoms with Crippen molar-refractivity contribution in [3.05, 3.63) is 64.7 Å². The van der Waals surface area contributed by atoms with Gasteiger partial charge in [0.15, 0.2) is 0 Å². The molecule has 1 heterocycles. The molecule has 0 aliphatic carbocycles. The number of benzene rings is 2. The van der Waals surface area contributed by atoms with Crippen LogP contribution >= 0.6 is 11.6 Å². The smallest absolute Gasteiger partial charge is 0.251 e. The highest BCUT2D eigenvalue weighted by Gasteiger charge is 2.29. The lowest BCUT2D eigenvalue weighted by Crippen LogP contribution is -2.40. The number of halogens is 1. The van der Waals surface area contributed by atoms with Crippen LogP contribution in [-0.4, -0.2) is 44.9 Å². The van der Waals surface area contributed by atoms with Crippen molar-refractivity contribution in [2.75, 3.05) is 26.3 Å². The van der Waals surface area contributed by atoms with Gasteiger partial charge in [0.25, 0.3) is 5.91 Å². The summed E-state index contributed by atoms with van der Waals surface area (Å²) in [5, 5.41) is 2.88. The molecular weight excluding hydrogens is 376 g/mol. The predicted molar refractivity (Wildman–Crippen MR) is 98.6 cm³/mol. The van der Waals surface area contributed by atoms with Crippen LogP contribution in [0.25, 0.3) is 0 Å². The number of carbonyl (C=O) groups excluding carboxylic acids is 1. The molecule has 0 aromatic heterocycles. The SMILES string of the molecule is O=C(NCc1ccccc1)c1ccc(Cl)c(S(=O)(=O)N2CCOCC2)c1. The Hall–Kier alpha value is -1.93. The van der Waals surface area contributed by atoms with Crippen molar-refractivity contribution in [2.45, 2.75) is 11.4 Å². The Labute approximate surface area is 157 Å². The van der Waals surface area contributed by atoms with Crippen LogP contribution in [0.15, 0.2) is 53.4 Å². The number of nitrogens with zero attached hydrogens (tertiary/aromatic N) is 1. The maximum atomic E-state index is 12.8. The third-order valence-electron chi connectivity index (χ3n) is 4.08. The van der Waals surface area contributed by atoms with E-state index in [1.807, 2.05) is 30.3 Å². The molecule has 0 saturated carbocycles. The van der Waals surface area contributed by atoms with Gasteiger partial charge in [-0.3, -0.25) is 4.79 Å². The quantitative estimate of drug-likeness (QED) is 0.844.